The molecule has 2 aromatic carbocycles. The van der Waals surface area contributed by atoms with Gasteiger partial charge in [0.05, 0.1) is 12.1 Å². The van der Waals surface area contributed by atoms with Crippen LogP contribution in [0.1, 0.15) is 42.1 Å². The first-order valence-corrected chi connectivity index (χ1v) is 9.04. The van der Waals surface area contributed by atoms with Crippen LogP contribution < -0.4 is 5.32 Å². The van der Waals surface area contributed by atoms with Crippen LogP contribution in [0.15, 0.2) is 59.3 Å². The summed E-state index contributed by atoms with van der Waals surface area (Å²) in [5, 5.41) is 7.95. The van der Waals surface area contributed by atoms with Crippen LogP contribution in [0, 0.1) is 0 Å². The molecule has 0 saturated carbocycles. The Morgan fingerprint density at radius 2 is 2.00 bits per heavy atom. The third-order valence-corrected chi connectivity index (χ3v) is 5.15. The number of rotatable bonds is 3. The Hall–Kier alpha value is -2.14. The first-order valence-electron chi connectivity index (χ1n) is 8.25. The van der Waals surface area contributed by atoms with Crippen LogP contribution in [0.3, 0.4) is 0 Å². The Morgan fingerprint density at radius 3 is 2.75 bits per heavy atom. The lowest BCUT2D eigenvalue weighted by molar-refractivity contribution is 0.430. The molecular weight excluding hydrogens is 364 g/mol. The summed E-state index contributed by atoms with van der Waals surface area (Å²) in [6, 6.07) is 17.7. The standard InChI is InChI=1S/C19H19BrN4/c1-2-13-6-8-14(9-7-13)17-11-18(15-4-3-5-16(20)10-15)24-19(23-17)21-12-22-24/h3-10,12,17-18H,2,11H2,1H3,(H,21,22,23)/t17-,18+/m0/s1. The summed E-state index contributed by atoms with van der Waals surface area (Å²) in [4.78, 5) is 4.39. The fourth-order valence-electron chi connectivity index (χ4n) is 3.32. The van der Waals surface area contributed by atoms with Gasteiger partial charge in [0, 0.05) is 4.47 Å². The molecule has 4 rings (SSSR count). The molecular formula is C19H19BrN4. The number of nitrogens with zero attached hydrogens (tertiary/aromatic N) is 3. The van der Waals surface area contributed by atoms with E-state index in [-0.39, 0.29) is 12.1 Å². The van der Waals surface area contributed by atoms with Crippen molar-refractivity contribution in [2.75, 3.05) is 5.32 Å². The molecule has 0 fully saturated rings. The molecule has 0 saturated heterocycles. The molecule has 4 nitrogen and oxygen atoms in total. The lowest BCUT2D eigenvalue weighted by atomic mass is 9.93. The molecule has 0 amide bonds. The lowest BCUT2D eigenvalue weighted by Crippen LogP contribution is -2.28. The fourth-order valence-corrected chi connectivity index (χ4v) is 3.73. The number of benzene rings is 2. The van der Waals surface area contributed by atoms with E-state index in [1.165, 1.54) is 16.7 Å². The van der Waals surface area contributed by atoms with Crippen molar-refractivity contribution >= 4 is 21.9 Å². The van der Waals surface area contributed by atoms with E-state index in [1.807, 2.05) is 10.7 Å². The Morgan fingerprint density at radius 1 is 1.17 bits per heavy atom. The first-order chi connectivity index (χ1) is 11.7. The Bertz CT molecular complexity index is 841. The minimum Gasteiger partial charge on any atom is -0.348 e. The molecule has 5 heteroatoms. The van der Waals surface area contributed by atoms with Crippen molar-refractivity contribution < 1.29 is 0 Å². The average molecular weight is 383 g/mol. The summed E-state index contributed by atoms with van der Waals surface area (Å²) in [6.07, 6.45) is 3.63. The number of fused-ring (bicyclic) bond motifs is 1. The van der Waals surface area contributed by atoms with E-state index < -0.39 is 0 Å². The SMILES string of the molecule is CCc1ccc([C@@H]2C[C@H](c3cccc(Br)c3)n3ncnc3N2)cc1. The van der Waals surface area contributed by atoms with Gasteiger partial charge in [-0.25, -0.2) is 4.68 Å². The molecule has 2 atom stereocenters. The summed E-state index contributed by atoms with van der Waals surface area (Å²) in [5.74, 6) is 0.829. The van der Waals surface area contributed by atoms with Gasteiger partial charge in [0.1, 0.15) is 6.33 Å². The Labute approximate surface area is 150 Å². The van der Waals surface area contributed by atoms with Crippen LogP contribution in [-0.4, -0.2) is 14.8 Å². The zero-order valence-electron chi connectivity index (χ0n) is 13.5. The van der Waals surface area contributed by atoms with Crippen LogP contribution in [0.4, 0.5) is 5.95 Å². The van der Waals surface area contributed by atoms with Crippen molar-refractivity contribution in [2.24, 2.45) is 0 Å². The van der Waals surface area contributed by atoms with Gasteiger partial charge in [0.25, 0.3) is 0 Å². The van der Waals surface area contributed by atoms with Crippen molar-refractivity contribution in [3.05, 3.63) is 76.0 Å². The normalized spacial score (nSPS) is 19.6. The molecule has 1 N–H and O–H groups in total. The van der Waals surface area contributed by atoms with Crippen LogP contribution in [-0.2, 0) is 6.42 Å². The highest BCUT2D eigenvalue weighted by molar-refractivity contribution is 9.10. The summed E-state index contributed by atoms with van der Waals surface area (Å²) in [7, 11) is 0. The summed E-state index contributed by atoms with van der Waals surface area (Å²) in [5.41, 5.74) is 3.90. The van der Waals surface area contributed by atoms with Gasteiger partial charge in [-0.05, 0) is 41.7 Å². The second kappa shape index (κ2) is 6.40. The van der Waals surface area contributed by atoms with Crippen molar-refractivity contribution in [3.8, 4) is 0 Å². The minimum absolute atomic E-state index is 0.178. The first kappa shape index (κ1) is 15.4. The second-order valence-electron chi connectivity index (χ2n) is 6.13. The van der Waals surface area contributed by atoms with E-state index in [2.05, 4.69) is 80.7 Å². The quantitative estimate of drug-likeness (QED) is 0.710. The number of hydrogen-bond donors (Lipinski definition) is 1. The van der Waals surface area contributed by atoms with E-state index in [4.69, 9.17) is 0 Å². The molecule has 1 aliphatic rings. The van der Waals surface area contributed by atoms with Crippen LogP contribution in [0.2, 0.25) is 0 Å². The van der Waals surface area contributed by atoms with Gasteiger partial charge < -0.3 is 5.32 Å². The number of anilines is 1. The molecule has 3 aromatic rings. The minimum atomic E-state index is 0.178. The van der Waals surface area contributed by atoms with Crippen molar-refractivity contribution in [3.63, 3.8) is 0 Å². The summed E-state index contributed by atoms with van der Waals surface area (Å²) in [6.45, 7) is 2.18. The van der Waals surface area contributed by atoms with Crippen LogP contribution in [0.25, 0.3) is 0 Å². The largest absolute Gasteiger partial charge is 0.348 e. The molecule has 0 radical (unpaired) electrons. The molecule has 0 unspecified atom stereocenters. The van der Waals surface area contributed by atoms with E-state index in [0.29, 0.717) is 0 Å². The topological polar surface area (TPSA) is 42.7 Å². The molecule has 1 aliphatic heterocycles. The third kappa shape index (κ3) is 2.84. The molecule has 0 aliphatic carbocycles. The average Bonchev–Trinajstić information content (AvgIpc) is 3.09. The zero-order valence-corrected chi connectivity index (χ0v) is 15.1. The van der Waals surface area contributed by atoms with Crippen molar-refractivity contribution in [1.82, 2.24) is 14.8 Å². The molecule has 2 heterocycles. The number of halogens is 1. The summed E-state index contributed by atoms with van der Waals surface area (Å²) < 4.78 is 3.07. The van der Waals surface area contributed by atoms with E-state index >= 15 is 0 Å². The zero-order chi connectivity index (χ0) is 16.5. The smallest absolute Gasteiger partial charge is 0.222 e. The van der Waals surface area contributed by atoms with Gasteiger partial charge in [-0.2, -0.15) is 10.1 Å². The van der Waals surface area contributed by atoms with Crippen molar-refractivity contribution in [2.45, 2.75) is 31.8 Å². The maximum atomic E-state index is 4.43. The van der Waals surface area contributed by atoms with Gasteiger partial charge in [-0.1, -0.05) is 59.3 Å². The summed E-state index contributed by atoms with van der Waals surface area (Å²) >= 11 is 3.57. The van der Waals surface area contributed by atoms with E-state index in [1.54, 1.807) is 6.33 Å². The van der Waals surface area contributed by atoms with Gasteiger partial charge in [0.2, 0.25) is 5.95 Å². The number of aryl methyl sites for hydroxylation is 1. The van der Waals surface area contributed by atoms with Gasteiger partial charge in [0.15, 0.2) is 0 Å². The number of nitrogens with one attached hydrogen (secondary N) is 1. The number of aromatic nitrogens is 3. The molecule has 24 heavy (non-hydrogen) atoms. The molecule has 122 valence electrons. The van der Waals surface area contributed by atoms with Crippen LogP contribution >= 0.6 is 15.9 Å². The van der Waals surface area contributed by atoms with E-state index in [9.17, 15) is 0 Å². The predicted molar refractivity (Wildman–Crippen MR) is 99.1 cm³/mol. The lowest BCUT2D eigenvalue weighted by Gasteiger charge is -2.32. The monoisotopic (exact) mass is 382 g/mol. The third-order valence-electron chi connectivity index (χ3n) is 4.65. The highest BCUT2D eigenvalue weighted by Crippen LogP contribution is 2.37. The van der Waals surface area contributed by atoms with Gasteiger partial charge >= 0.3 is 0 Å². The maximum absolute atomic E-state index is 4.43. The maximum Gasteiger partial charge on any atom is 0.222 e. The highest BCUT2D eigenvalue weighted by Gasteiger charge is 2.29. The van der Waals surface area contributed by atoms with Crippen molar-refractivity contribution in [1.29, 1.82) is 0 Å². The molecule has 0 bridgehead atoms. The molecule has 0 spiro atoms. The number of hydrogen-bond acceptors (Lipinski definition) is 3. The fraction of sp³-hybridized carbons (Fsp3) is 0.263. The van der Waals surface area contributed by atoms with Gasteiger partial charge in [-0.3, -0.25) is 0 Å². The Balaban J connectivity index is 1.70. The predicted octanol–water partition coefficient (Wildman–Crippen LogP) is 4.75. The van der Waals surface area contributed by atoms with Gasteiger partial charge in [-0.15, -0.1) is 0 Å². The Kier molecular flexibility index (Phi) is 4.10. The second-order valence-corrected chi connectivity index (χ2v) is 7.04. The van der Waals surface area contributed by atoms with E-state index in [0.717, 1.165) is 23.3 Å². The van der Waals surface area contributed by atoms with Crippen LogP contribution in [0.5, 0.6) is 0 Å². The molecule has 1 aromatic heterocycles. The highest BCUT2D eigenvalue weighted by atomic mass is 79.9.